The zero-order valence-electron chi connectivity index (χ0n) is 5.69. The van der Waals surface area contributed by atoms with Gasteiger partial charge in [-0.3, -0.25) is 0 Å². The quantitative estimate of drug-likeness (QED) is 0.564. The number of nitroso groups, excluding NO2 is 1. The number of halogens is 1. The van der Waals surface area contributed by atoms with Gasteiger partial charge >= 0.3 is 5.97 Å². The molecule has 1 aromatic rings. The van der Waals surface area contributed by atoms with Crippen molar-refractivity contribution in [3.63, 3.8) is 0 Å². The van der Waals surface area contributed by atoms with E-state index in [1.807, 2.05) is 0 Å². The van der Waals surface area contributed by atoms with Crippen molar-refractivity contribution in [2.45, 2.75) is 0 Å². The number of carboxylic acid groups (broad SMARTS) is 1. The molecule has 1 aromatic heterocycles. The maximum atomic E-state index is 10.4. The minimum atomic E-state index is -1.24. The van der Waals surface area contributed by atoms with Crippen molar-refractivity contribution < 1.29 is 9.90 Å². The van der Waals surface area contributed by atoms with Crippen LogP contribution in [-0.4, -0.2) is 16.1 Å². The molecule has 0 aliphatic rings. The second-order valence-electron chi connectivity index (χ2n) is 1.93. The summed E-state index contributed by atoms with van der Waals surface area (Å²) in [6, 6.07) is 1.06. The maximum absolute atomic E-state index is 10.4. The van der Waals surface area contributed by atoms with E-state index >= 15 is 0 Å². The summed E-state index contributed by atoms with van der Waals surface area (Å²) in [5.74, 6) is -1.24. The largest absolute Gasteiger partial charge is 0.478 e. The number of nitrogens with zero attached hydrogens (tertiary/aromatic N) is 2. The molecule has 0 aliphatic heterocycles. The Morgan fingerprint density at radius 3 is 2.83 bits per heavy atom. The zero-order chi connectivity index (χ0) is 9.14. The van der Waals surface area contributed by atoms with Crippen LogP contribution in [0.15, 0.2) is 17.4 Å². The third-order valence-electron chi connectivity index (χ3n) is 1.16. The molecule has 12 heavy (non-hydrogen) atoms. The first-order valence-corrected chi connectivity index (χ1v) is 3.25. The van der Waals surface area contributed by atoms with Crippen LogP contribution >= 0.6 is 11.6 Å². The summed E-state index contributed by atoms with van der Waals surface area (Å²) in [6.45, 7) is 0. The minimum Gasteiger partial charge on any atom is -0.478 e. The first kappa shape index (κ1) is 8.61. The van der Waals surface area contributed by atoms with Gasteiger partial charge in [0.1, 0.15) is 10.8 Å². The summed E-state index contributed by atoms with van der Waals surface area (Å²) >= 11 is 5.41. The van der Waals surface area contributed by atoms with Gasteiger partial charge in [-0.05, 0) is 11.2 Å². The van der Waals surface area contributed by atoms with Gasteiger partial charge in [-0.15, -0.1) is 4.91 Å². The van der Waals surface area contributed by atoms with Crippen molar-refractivity contribution >= 4 is 23.3 Å². The Balaban J connectivity index is 3.25. The van der Waals surface area contributed by atoms with Gasteiger partial charge in [0.25, 0.3) is 0 Å². The molecule has 0 aliphatic carbocycles. The van der Waals surface area contributed by atoms with Crippen LogP contribution in [-0.2, 0) is 0 Å². The SMILES string of the molecule is O=Nc1cnc(Cl)c(C(=O)O)c1. The van der Waals surface area contributed by atoms with Crippen LogP contribution in [0.3, 0.4) is 0 Å². The van der Waals surface area contributed by atoms with Crippen LogP contribution in [0.4, 0.5) is 5.69 Å². The first-order valence-electron chi connectivity index (χ1n) is 2.87. The average molecular weight is 187 g/mol. The van der Waals surface area contributed by atoms with E-state index in [0.717, 1.165) is 12.3 Å². The topological polar surface area (TPSA) is 79.6 Å². The Bertz CT molecular complexity index is 340. The van der Waals surface area contributed by atoms with Gasteiger partial charge in [0.05, 0.1) is 11.8 Å². The van der Waals surface area contributed by atoms with Crippen molar-refractivity contribution in [1.29, 1.82) is 0 Å². The first-order chi connectivity index (χ1) is 5.65. The highest BCUT2D eigenvalue weighted by Gasteiger charge is 2.10. The molecular weight excluding hydrogens is 184 g/mol. The standard InChI is InChI=1S/C6H3ClN2O3/c7-5-4(6(10)11)1-3(9-12)2-8-5/h1-2H,(H,10,11). The lowest BCUT2D eigenvalue weighted by Crippen LogP contribution is -1.98. The van der Waals surface area contributed by atoms with E-state index in [1.54, 1.807) is 0 Å². The second-order valence-corrected chi connectivity index (χ2v) is 2.29. The van der Waals surface area contributed by atoms with Crippen LogP contribution in [0.2, 0.25) is 5.15 Å². The lowest BCUT2D eigenvalue weighted by molar-refractivity contribution is 0.0696. The highest BCUT2D eigenvalue weighted by atomic mass is 35.5. The zero-order valence-corrected chi connectivity index (χ0v) is 6.45. The second kappa shape index (κ2) is 3.27. The molecule has 0 aromatic carbocycles. The van der Waals surface area contributed by atoms with E-state index in [-0.39, 0.29) is 16.4 Å². The Morgan fingerprint density at radius 1 is 1.67 bits per heavy atom. The van der Waals surface area contributed by atoms with Crippen molar-refractivity contribution in [2.75, 3.05) is 0 Å². The van der Waals surface area contributed by atoms with Crippen LogP contribution in [0.5, 0.6) is 0 Å². The fourth-order valence-electron chi connectivity index (χ4n) is 0.637. The maximum Gasteiger partial charge on any atom is 0.338 e. The molecule has 6 heteroatoms. The number of rotatable bonds is 2. The average Bonchev–Trinajstić information content (AvgIpc) is 2.05. The molecule has 0 unspecified atom stereocenters. The van der Waals surface area contributed by atoms with Crippen molar-refractivity contribution in [3.8, 4) is 0 Å². The molecular formula is C6H3ClN2O3. The molecule has 1 N–H and O–H groups in total. The highest BCUT2D eigenvalue weighted by Crippen LogP contribution is 2.18. The predicted molar refractivity (Wildman–Crippen MR) is 41.7 cm³/mol. The molecule has 1 heterocycles. The van der Waals surface area contributed by atoms with Gasteiger partial charge in [-0.2, -0.15) is 0 Å². The molecule has 0 radical (unpaired) electrons. The van der Waals surface area contributed by atoms with Crippen LogP contribution < -0.4 is 0 Å². The molecule has 1 rings (SSSR count). The van der Waals surface area contributed by atoms with Crippen molar-refractivity contribution in [1.82, 2.24) is 4.98 Å². The van der Waals surface area contributed by atoms with Gasteiger partial charge < -0.3 is 5.11 Å². The number of hydrogen-bond donors (Lipinski definition) is 1. The van der Waals surface area contributed by atoms with E-state index in [4.69, 9.17) is 16.7 Å². The molecule has 0 saturated heterocycles. The monoisotopic (exact) mass is 186 g/mol. The predicted octanol–water partition coefficient (Wildman–Crippen LogP) is 1.83. The van der Waals surface area contributed by atoms with E-state index < -0.39 is 5.97 Å². The normalized spacial score (nSPS) is 9.42. The molecule has 0 amide bonds. The third kappa shape index (κ3) is 1.57. The summed E-state index contributed by atoms with van der Waals surface area (Å²) in [4.78, 5) is 23.9. The highest BCUT2D eigenvalue weighted by molar-refractivity contribution is 6.32. The summed E-state index contributed by atoms with van der Waals surface area (Å²) in [5, 5.41) is 10.9. The lowest BCUT2D eigenvalue weighted by atomic mass is 10.3. The molecule has 62 valence electrons. The van der Waals surface area contributed by atoms with Crippen molar-refractivity contribution in [2.24, 2.45) is 5.18 Å². The number of aromatic nitrogens is 1. The van der Waals surface area contributed by atoms with E-state index in [1.165, 1.54) is 0 Å². The number of carboxylic acids is 1. The van der Waals surface area contributed by atoms with E-state index in [0.29, 0.717) is 0 Å². The van der Waals surface area contributed by atoms with Gasteiger partial charge in [-0.25, -0.2) is 9.78 Å². The van der Waals surface area contributed by atoms with Crippen LogP contribution in [0.25, 0.3) is 0 Å². The minimum absolute atomic E-state index is 0.0585. The smallest absolute Gasteiger partial charge is 0.338 e. The molecule has 0 spiro atoms. The van der Waals surface area contributed by atoms with E-state index in [9.17, 15) is 9.70 Å². The fraction of sp³-hybridized carbons (Fsp3) is 0. The third-order valence-corrected chi connectivity index (χ3v) is 1.46. The number of hydrogen-bond acceptors (Lipinski definition) is 4. The molecule has 0 saturated carbocycles. The Kier molecular flexibility index (Phi) is 2.35. The number of aromatic carboxylic acids is 1. The Labute approximate surface area is 72.0 Å². The number of carbonyl (C=O) groups is 1. The Hall–Kier alpha value is -1.49. The lowest BCUT2D eigenvalue weighted by Gasteiger charge is -1.96. The summed E-state index contributed by atoms with van der Waals surface area (Å²) in [6.07, 6.45) is 1.10. The van der Waals surface area contributed by atoms with Gasteiger partial charge in [0.15, 0.2) is 0 Å². The van der Waals surface area contributed by atoms with Gasteiger partial charge in [0, 0.05) is 0 Å². The summed E-state index contributed by atoms with van der Waals surface area (Å²) < 4.78 is 0. The van der Waals surface area contributed by atoms with Gasteiger partial charge in [0.2, 0.25) is 0 Å². The van der Waals surface area contributed by atoms with E-state index in [2.05, 4.69) is 10.2 Å². The van der Waals surface area contributed by atoms with Crippen molar-refractivity contribution in [3.05, 3.63) is 27.9 Å². The fourth-order valence-corrected chi connectivity index (χ4v) is 0.821. The van der Waals surface area contributed by atoms with Crippen LogP contribution in [0, 0.1) is 4.91 Å². The number of pyridine rings is 1. The molecule has 0 fully saturated rings. The van der Waals surface area contributed by atoms with Crippen LogP contribution in [0.1, 0.15) is 10.4 Å². The summed E-state index contributed by atoms with van der Waals surface area (Å²) in [7, 11) is 0. The van der Waals surface area contributed by atoms with Gasteiger partial charge in [-0.1, -0.05) is 11.6 Å². The molecule has 5 nitrogen and oxygen atoms in total. The molecule has 0 bridgehead atoms. The Morgan fingerprint density at radius 2 is 2.33 bits per heavy atom. The molecule has 0 atom stereocenters. The summed E-state index contributed by atoms with van der Waals surface area (Å²) in [5.41, 5.74) is -0.287.